The summed E-state index contributed by atoms with van der Waals surface area (Å²) in [6.07, 6.45) is -4.80. The number of hydrogen-bond acceptors (Lipinski definition) is 7. The first kappa shape index (κ1) is 20.5. The Bertz CT molecular complexity index is 1230. The van der Waals surface area contributed by atoms with E-state index in [1.807, 2.05) is 0 Å². The monoisotopic (exact) mass is 435 g/mol. The normalized spacial score (nSPS) is 11.7. The molecule has 4 aromatic rings. The first-order valence-corrected chi connectivity index (χ1v) is 9.01. The van der Waals surface area contributed by atoms with Crippen molar-refractivity contribution < 1.29 is 31.9 Å². The minimum atomic E-state index is -4.80. The van der Waals surface area contributed by atoms with Crippen LogP contribution in [0.2, 0.25) is 0 Å². The highest BCUT2D eigenvalue weighted by atomic mass is 19.4. The van der Waals surface area contributed by atoms with E-state index in [1.165, 1.54) is 6.07 Å². The number of aromatic nitrogens is 3. The Hall–Kier alpha value is -3.80. The van der Waals surface area contributed by atoms with E-state index in [2.05, 4.69) is 30.3 Å². The second-order valence-corrected chi connectivity index (χ2v) is 6.39. The van der Waals surface area contributed by atoms with Crippen molar-refractivity contribution in [2.24, 2.45) is 0 Å². The molecule has 0 atom stereocenters. The molecule has 2 aromatic carbocycles. The molecule has 162 valence electrons. The number of aromatic amines is 1. The molecule has 0 fully saturated rings. The number of amides is 1. The molecule has 4 rings (SSSR count). The molecular formula is C19H16F3N5O4. The summed E-state index contributed by atoms with van der Waals surface area (Å²) in [7, 11) is 1.55. The molecule has 1 amide bonds. The molecule has 0 aliphatic carbocycles. The zero-order valence-corrected chi connectivity index (χ0v) is 16.0. The molecule has 12 heteroatoms. The Labute approximate surface area is 172 Å². The number of oxazole rings is 1. The molecule has 0 aliphatic heterocycles. The number of ether oxygens (including phenoxy) is 2. The smallest absolute Gasteiger partial charge is 0.423 e. The van der Waals surface area contributed by atoms with E-state index in [-0.39, 0.29) is 23.5 Å². The van der Waals surface area contributed by atoms with E-state index < -0.39 is 12.1 Å². The number of rotatable bonds is 7. The largest absolute Gasteiger partial charge is 0.573 e. The molecule has 0 spiro atoms. The summed E-state index contributed by atoms with van der Waals surface area (Å²) in [5.41, 5.74) is 2.07. The number of carbonyl (C=O) groups is 1. The number of H-pyrrole nitrogens is 1. The molecule has 0 aliphatic rings. The van der Waals surface area contributed by atoms with Gasteiger partial charge in [-0.25, -0.2) is 4.98 Å². The maximum atomic E-state index is 12.4. The SMILES string of the molecule is COCCNC(=O)c1ccc2nc(Nc3nc4ccc(OC(F)(F)F)cc4o3)[nH]c2c1. The molecule has 2 aromatic heterocycles. The van der Waals surface area contributed by atoms with Gasteiger partial charge >= 0.3 is 12.4 Å². The van der Waals surface area contributed by atoms with Gasteiger partial charge in [-0.3, -0.25) is 10.1 Å². The van der Waals surface area contributed by atoms with Gasteiger partial charge in [-0.2, -0.15) is 4.98 Å². The molecule has 0 radical (unpaired) electrons. The average molecular weight is 435 g/mol. The van der Waals surface area contributed by atoms with Crippen molar-refractivity contribution >= 4 is 40.0 Å². The number of benzene rings is 2. The number of methoxy groups -OCH3 is 1. The molecular weight excluding hydrogens is 419 g/mol. The van der Waals surface area contributed by atoms with Crippen molar-refractivity contribution in [3.05, 3.63) is 42.0 Å². The third-order valence-corrected chi connectivity index (χ3v) is 4.15. The van der Waals surface area contributed by atoms with Gasteiger partial charge in [-0.15, -0.1) is 13.2 Å². The second-order valence-electron chi connectivity index (χ2n) is 6.39. The van der Waals surface area contributed by atoms with Gasteiger partial charge in [0.15, 0.2) is 5.58 Å². The summed E-state index contributed by atoms with van der Waals surface area (Å²) in [5.74, 6) is -0.383. The van der Waals surface area contributed by atoms with E-state index in [0.717, 1.165) is 12.1 Å². The summed E-state index contributed by atoms with van der Waals surface area (Å²) in [6, 6.07) is 8.55. The van der Waals surface area contributed by atoms with Gasteiger partial charge in [-0.05, 0) is 30.3 Å². The number of fused-ring (bicyclic) bond motifs is 2. The fourth-order valence-electron chi connectivity index (χ4n) is 2.84. The molecule has 0 saturated carbocycles. The van der Waals surface area contributed by atoms with Crippen molar-refractivity contribution in [2.75, 3.05) is 25.6 Å². The van der Waals surface area contributed by atoms with Crippen molar-refractivity contribution in [1.29, 1.82) is 0 Å². The maximum absolute atomic E-state index is 12.4. The highest BCUT2D eigenvalue weighted by Crippen LogP contribution is 2.29. The van der Waals surface area contributed by atoms with Crippen molar-refractivity contribution in [3.63, 3.8) is 0 Å². The molecule has 31 heavy (non-hydrogen) atoms. The molecule has 9 nitrogen and oxygen atoms in total. The van der Waals surface area contributed by atoms with E-state index >= 15 is 0 Å². The van der Waals surface area contributed by atoms with Crippen molar-refractivity contribution in [1.82, 2.24) is 20.3 Å². The van der Waals surface area contributed by atoms with Gasteiger partial charge in [0.05, 0.1) is 17.6 Å². The van der Waals surface area contributed by atoms with Crippen LogP contribution in [0.25, 0.3) is 22.1 Å². The van der Waals surface area contributed by atoms with Crippen LogP contribution >= 0.6 is 0 Å². The highest BCUT2D eigenvalue weighted by molar-refractivity contribution is 5.97. The van der Waals surface area contributed by atoms with Crippen LogP contribution in [0.4, 0.5) is 25.1 Å². The van der Waals surface area contributed by atoms with E-state index in [4.69, 9.17) is 9.15 Å². The predicted molar refractivity (Wildman–Crippen MR) is 104 cm³/mol. The van der Waals surface area contributed by atoms with Gasteiger partial charge in [0.1, 0.15) is 11.3 Å². The van der Waals surface area contributed by atoms with Gasteiger partial charge in [-0.1, -0.05) is 0 Å². The first-order chi connectivity index (χ1) is 14.8. The number of carbonyl (C=O) groups excluding carboxylic acids is 1. The number of alkyl halides is 3. The zero-order chi connectivity index (χ0) is 22.0. The second kappa shape index (κ2) is 8.14. The number of halogens is 3. The summed E-state index contributed by atoms with van der Waals surface area (Å²) in [6.45, 7) is 0.789. The molecule has 0 saturated heterocycles. The first-order valence-electron chi connectivity index (χ1n) is 9.01. The minimum Gasteiger partial charge on any atom is -0.423 e. The van der Waals surface area contributed by atoms with Gasteiger partial charge < -0.3 is 24.2 Å². The number of anilines is 2. The topological polar surface area (TPSA) is 114 Å². The lowest BCUT2D eigenvalue weighted by Gasteiger charge is -2.07. The standard InChI is InChI=1S/C19H16F3N5O4/c1-29-7-6-23-16(28)10-2-4-12-14(8-10)25-17(24-12)27-18-26-13-5-3-11(9-15(13)30-18)31-19(20,21)22/h2-5,8-9H,6-7H2,1H3,(H,23,28)(H2,24,25,26,27). The Morgan fingerprint density at radius 3 is 2.74 bits per heavy atom. The summed E-state index contributed by atoms with van der Waals surface area (Å²) < 4.78 is 51.3. The van der Waals surface area contributed by atoms with E-state index in [1.54, 1.807) is 25.3 Å². The molecule has 0 unspecified atom stereocenters. The molecule has 2 heterocycles. The van der Waals surface area contributed by atoms with Crippen LogP contribution < -0.4 is 15.4 Å². The lowest BCUT2D eigenvalue weighted by molar-refractivity contribution is -0.274. The van der Waals surface area contributed by atoms with Crippen molar-refractivity contribution in [3.8, 4) is 5.75 Å². The maximum Gasteiger partial charge on any atom is 0.573 e. The number of nitrogens with zero attached hydrogens (tertiary/aromatic N) is 2. The molecule has 3 N–H and O–H groups in total. The number of hydrogen-bond donors (Lipinski definition) is 3. The van der Waals surface area contributed by atoms with Crippen LogP contribution in [0.15, 0.2) is 40.8 Å². The lowest BCUT2D eigenvalue weighted by atomic mass is 10.2. The van der Waals surface area contributed by atoms with Crippen molar-refractivity contribution in [2.45, 2.75) is 6.36 Å². The minimum absolute atomic E-state index is 0.0238. The lowest BCUT2D eigenvalue weighted by Crippen LogP contribution is -2.26. The Morgan fingerprint density at radius 1 is 1.16 bits per heavy atom. The fraction of sp³-hybridized carbons (Fsp3) is 0.211. The Kier molecular flexibility index (Phi) is 5.38. The van der Waals surface area contributed by atoms with Gasteiger partial charge in [0.2, 0.25) is 5.95 Å². The highest BCUT2D eigenvalue weighted by Gasteiger charge is 2.31. The average Bonchev–Trinajstić information content (AvgIpc) is 3.28. The number of imidazole rings is 1. The third kappa shape index (κ3) is 4.86. The predicted octanol–water partition coefficient (Wildman–Crippen LogP) is 3.72. The summed E-state index contributed by atoms with van der Waals surface area (Å²) in [4.78, 5) is 23.6. The van der Waals surface area contributed by atoms with Crippen LogP contribution in [0, 0.1) is 0 Å². The van der Waals surface area contributed by atoms with Crippen LogP contribution in [0.1, 0.15) is 10.4 Å². The van der Waals surface area contributed by atoms with Gasteiger partial charge in [0, 0.05) is 25.3 Å². The Morgan fingerprint density at radius 2 is 1.97 bits per heavy atom. The fourth-order valence-corrected chi connectivity index (χ4v) is 2.84. The summed E-state index contributed by atoms with van der Waals surface area (Å²) in [5, 5.41) is 5.54. The quantitative estimate of drug-likeness (QED) is 0.379. The van der Waals surface area contributed by atoms with Crippen LogP contribution in [-0.2, 0) is 4.74 Å². The zero-order valence-electron chi connectivity index (χ0n) is 16.0. The summed E-state index contributed by atoms with van der Waals surface area (Å²) >= 11 is 0. The van der Waals surface area contributed by atoms with Crippen LogP contribution in [0.5, 0.6) is 5.75 Å². The van der Waals surface area contributed by atoms with Crippen LogP contribution in [-0.4, -0.2) is 47.5 Å². The molecule has 0 bridgehead atoms. The number of nitrogens with one attached hydrogen (secondary N) is 3. The third-order valence-electron chi connectivity index (χ3n) is 4.15. The van der Waals surface area contributed by atoms with Gasteiger partial charge in [0.25, 0.3) is 5.91 Å². The van der Waals surface area contributed by atoms with E-state index in [0.29, 0.717) is 35.3 Å². The van der Waals surface area contributed by atoms with Crippen LogP contribution in [0.3, 0.4) is 0 Å². The Balaban J connectivity index is 1.51. The van der Waals surface area contributed by atoms with E-state index in [9.17, 15) is 18.0 Å².